The van der Waals surface area contributed by atoms with Gasteiger partial charge in [-0.1, -0.05) is 6.07 Å². The molecule has 0 aliphatic carbocycles. The van der Waals surface area contributed by atoms with Crippen LogP contribution in [0.2, 0.25) is 0 Å². The molecule has 2 saturated heterocycles. The molecule has 3 atom stereocenters. The summed E-state index contributed by atoms with van der Waals surface area (Å²) in [5.74, 6) is -2.14. The first-order chi connectivity index (χ1) is 12.2. The van der Waals surface area contributed by atoms with Crippen LogP contribution in [0, 0.1) is 11.3 Å². The first kappa shape index (κ1) is 18.0. The maximum atomic E-state index is 12.3. The summed E-state index contributed by atoms with van der Waals surface area (Å²) < 4.78 is 0.331. The molecule has 3 heterocycles. The molecule has 0 unspecified atom stereocenters. The number of pyridine rings is 1. The van der Waals surface area contributed by atoms with Crippen molar-refractivity contribution >= 4 is 29.5 Å². The Labute approximate surface area is 152 Å². The molecule has 26 heavy (non-hydrogen) atoms. The van der Waals surface area contributed by atoms with Gasteiger partial charge < -0.3 is 15.3 Å². The van der Waals surface area contributed by atoms with E-state index in [-0.39, 0.29) is 5.69 Å². The highest BCUT2D eigenvalue weighted by atomic mass is 32.2. The Balaban J connectivity index is 1.73. The lowest BCUT2D eigenvalue weighted by Gasteiger charge is -2.43. The van der Waals surface area contributed by atoms with Crippen LogP contribution in [0.4, 0.5) is 0 Å². The molecular formula is C16H16N4O5S. The van der Waals surface area contributed by atoms with Gasteiger partial charge in [-0.3, -0.25) is 19.0 Å². The van der Waals surface area contributed by atoms with Crippen molar-refractivity contribution < 1.29 is 19.5 Å². The van der Waals surface area contributed by atoms with Crippen LogP contribution in [0.5, 0.6) is 0 Å². The number of nitriles is 1. The lowest BCUT2D eigenvalue weighted by atomic mass is 9.96. The van der Waals surface area contributed by atoms with E-state index in [1.54, 1.807) is 13.8 Å². The Morgan fingerprint density at radius 2 is 2.08 bits per heavy atom. The molecule has 1 aromatic rings. The molecule has 2 aliphatic rings. The molecule has 136 valence electrons. The summed E-state index contributed by atoms with van der Waals surface area (Å²) in [5.41, 5.74) is -0.459. The summed E-state index contributed by atoms with van der Waals surface area (Å²) >= 11 is 1.31. The second-order valence-electron chi connectivity index (χ2n) is 6.59. The average molecular weight is 376 g/mol. The van der Waals surface area contributed by atoms with Gasteiger partial charge in [0.1, 0.15) is 35.8 Å². The van der Waals surface area contributed by atoms with Crippen molar-refractivity contribution in [3.63, 3.8) is 0 Å². The molecule has 2 fully saturated rings. The van der Waals surface area contributed by atoms with Crippen LogP contribution < -0.4 is 10.9 Å². The van der Waals surface area contributed by atoms with Gasteiger partial charge in [0.2, 0.25) is 11.8 Å². The van der Waals surface area contributed by atoms with E-state index in [1.165, 1.54) is 34.9 Å². The fourth-order valence-corrected chi connectivity index (χ4v) is 4.91. The molecule has 1 aromatic heterocycles. The highest BCUT2D eigenvalue weighted by Gasteiger charge is 2.64. The number of fused-ring (bicyclic) bond motifs is 1. The summed E-state index contributed by atoms with van der Waals surface area (Å²) in [6.45, 7) is 3.09. The minimum atomic E-state index is -1.09. The number of thioether (sulfide) groups is 1. The van der Waals surface area contributed by atoms with Crippen molar-refractivity contribution in [1.29, 1.82) is 5.26 Å². The number of carbonyl (C=O) groups is 3. The van der Waals surface area contributed by atoms with Gasteiger partial charge >= 0.3 is 5.97 Å². The van der Waals surface area contributed by atoms with Crippen LogP contribution in [0.25, 0.3) is 0 Å². The lowest BCUT2D eigenvalue weighted by molar-refractivity contribution is -0.161. The number of hydrogen-bond acceptors (Lipinski definition) is 6. The minimum Gasteiger partial charge on any atom is -0.480 e. The minimum absolute atomic E-state index is 0.0385. The molecule has 0 aromatic carbocycles. The molecule has 0 spiro atoms. The van der Waals surface area contributed by atoms with Gasteiger partial charge in [0.15, 0.2) is 0 Å². The molecule has 0 radical (unpaired) electrons. The van der Waals surface area contributed by atoms with Crippen molar-refractivity contribution in [2.45, 2.75) is 42.6 Å². The molecule has 2 aliphatic heterocycles. The van der Waals surface area contributed by atoms with Crippen LogP contribution >= 0.6 is 11.8 Å². The Morgan fingerprint density at radius 3 is 2.69 bits per heavy atom. The summed E-state index contributed by atoms with van der Waals surface area (Å²) in [5, 5.41) is 20.5. The van der Waals surface area contributed by atoms with Crippen LogP contribution in [-0.2, 0) is 20.9 Å². The largest absolute Gasteiger partial charge is 0.480 e. The van der Waals surface area contributed by atoms with E-state index in [2.05, 4.69) is 5.32 Å². The number of amides is 2. The van der Waals surface area contributed by atoms with E-state index in [1.807, 2.05) is 6.07 Å². The second-order valence-corrected chi connectivity index (χ2v) is 8.36. The Hall–Kier alpha value is -2.80. The summed E-state index contributed by atoms with van der Waals surface area (Å²) in [6, 6.07) is 4.10. The standard InChI is InChI=1S/C16H16N4O5S/c1-16(2)12(15(24)25)20-13(23)11(14(20)26-16)18-9(21)7-19-8(6-17)4-3-5-10(19)22/h3-5,11-12,14H,7H2,1-2H3,(H,18,21)(H,24,25)/t11-,12+,14-/m1/s1. The predicted octanol–water partition coefficient (Wildman–Crippen LogP) is -0.648. The highest BCUT2D eigenvalue weighted by Crippen LogP contribution is 2.50. The average Bonchev–Trinajstić information content (AvgIpc) is 2.82. The van der Waals surface area contributed by atoms with Crippen LogP contribution in [0.3, 0.4) is 0 Å². The number of β-lactam (4-membered cyclic amide) rings is 1. The molecular weight excluding hydrogens is 360 g/mol. The molecule has 2 N–H and O–H groups in total. The van der Waals surface area contributed by atoms with Crippen LogP contribution in [0.15, 0.2) is 23.0 Å². The molecule has 3 rings (SSSR count). The number of carboxylic acids is 1. The van der Waals surface area contributed by atoms with Gasteiger partial charge in [-0.15, -0.1) is 11.8 Å². The van der Waals surface area contributed by atoms with Crippen molar-refractivity contribution in [1.82, 2.24) is 14.8 Å². The van der Waals surface area contributed by atoms with Gasteiger partial charge in [-0.05, 0) is 19.9 Å². The molecule has 10 heteroatoms. The van der Waals surface area contributed by atoms with Gasteiger partial charge in [-0.25, -0.2) is 4.79 Å². The smallest absolute Gasteiger partial charge is 0.327 e. The third-order valence-corrected chi connectivity index (χ3v) is 6.03. The van der Waals surface area contributed by atoms with Gasteiger partial charge in [0, 0.05) is 10.8 Å². The Bertz CT molecular complexity index is 903. The van der Waals surface area contributed by atoms with Crippen molar-refractivity contribution in [3.05, 3.63) is 34.2 Å². The number of carbonyl (C=O) groups excluding carboxylic acids is 2. The summed E-state index contributed by atoms with van der Waals surface area (Å²) in [7, 11) is 0. The SMILES string of the molecule is CC1(C)S[C@@H]2[C@H](NC(=O)Cn3c(C#N)cccc3=O)C(=O)N2[C@H]1C(=O)O. The molecule has 0 saturated carbocycles. The number of rotatable bonds is 4. The first-order valence-corrected chi connectivity index (χ1v) is 8.67. The Kier molecular flexibility index (Phi) is 4.28. The van der Waals surface area contributed by atoms with Gasteiger partial charge in [0.25, 0.3) is 5.56 Å². The monoisotopic (exact) mass is 376 g/mol. The maximum absolute atomic E-state index is 12.3. The lowest BCUT2D eigenvalue weighted by Crippen LogP contribution is -2.70. The van der Waals surface area contributed by atoms with E-state index >= 15 is 0 Å². The fraction of sp³-hybridized carbons (Fsp3) is 0.438. The number of aromatic nitrogens is 1. The van der Waals surface area contributed by atoms with E-state index in [9.17, 15) is 24.3 Å². The zero-order valence-electron chi connectivity index (χ0n) is 14.0. The van der Waals surface area contributed by atoms with Crippen LogP contribution in [0.1, 0.15) is 19.5 Å². The number of hydrogen-bond donors (Lipinski definition) is 2. The van der Waals surface area contributed by atoms with E-state index in [0.29, 0.717) is 0 Å². The highest BCUT2D eigenvalue weighted by molar-refractivity contribution is 8.01. The molecule has 2 amide bonds. The van der Waals surface area contributed by atoms with Gasteiger partial charge in [-0.2, -0.15) is 5.26 Å². The third kappa shape index (κ3) is 2.74. The normalized spacial score (nSPS) is 25.8. The second kappa shape index (κ2) is 6.17. The number of aliphatic carboxylic acids is 1. The Morgan fingerprint density at radius 1 is 1.38 bits per heavy atom. The van der Waals surface area contributed by atoms with E-state index < -0.39 is 52.1 Å². The number of nitrogens with zero attached hydrogens (tertiary/aromatic N) is 3. The van der Waals surface area contributed by atoms with Crippen LogP contribution in [-0.4, -0.2) is 54.6 Å². The third-order valence-electron chi connectivity index (χ3n) is 4.46. The fourth-order valence-electron chi connectivity index (χ4n) is 3.29. The molecule has 9 nitrogen and oxygen atoms in total. The maximum Gasteiger partial charge on any atom is 0.327 e. The van der Waals surface area contributed by atoms with Crippen molar-refractivity contribution in [2.75, 3.05) is 0 Å². The van der Waals surface area contributed by atoms with E-state index in [0.717, 1.165) is 4.57 Å². The van der Waals surface area contributed by atoms with E-state index in [4.69, 9.17) is 5.26 Å². The zero-order chi connectivity index (χ0) is 19.2. The summed E-state index contributed by atoms with van der Waals surface area (Å²) in [4.78, 5) is 49.2. The first-order valence-electron chi connectivity index (χ1n) is 7.79. The topological polar surface area (TPSA) is 132 Å². The predicted molar refractivity (Wildman–Crippen MR) is 91.1 cm³/mol. The van der Waals surface area contributed by atoms with Crippen molar-refractivity contribution in [2.24, 2.45) is 0 Å². The van der Waals surface area contributed by atoms with Crippen molar-refractivity contribution in [3.8, 4) is 6.07 Å². The number of carboxylic acid groups (broad SMARTS) is 1. The zero-order valence-corrected chi connectivity index (χ0v) is 14.8. The quantitative estimate of drug-likeness (QED) is 0.667. The number of nitrogens with one attached hydrogen (secondary N) is 1. The summed E-state index contributed by atoms with van der Waals surface area (Å²) in [6.07, 6.45) is 0. The molecule has 0 bridgehead atoms. The van der Waals surface area contributed by atoms with Gasteiger partial charge in [0.05, 0.1) is 0 Å².